The Morgan fingerprint density at radius 2 is 1.67 bits per heavy atom. The monoisotopic (exact) mass is 307 g/mol. The molecule has 0 saturated carbocycles. The summed E-state index contributed by atoms with van der Waals surface area (Å²) in [4.78, 5) is 0.730. The maximum atomic E-state index is 13.3. The van der Waals surface area contributed by atoms with Crippen LogP contribution in [0.3, 0.4) is 0 Å². The third kappa shape index (κ3) is 4.05. The number of aryl methyl sites for hydroxylation is 1. The number of hydrogen-bond donors (Lipinski definition) is 1. The van der Waals surface area contributed by atoms with Gasteiger partial charge in [0, 0.05) is 16.2 Å². The third-order valence-corrected chi connectivity index (χ3v) is 4.60. The molecule has 2 atom stereocenters. The molecule has 21 heavy (non-hydrogen) atoms. The van der Waals surface area contributed by atoms with Gasteiger partial charge in [-0.15, -0.1) is 11.8 Å². The average molecular weight is 307 g/mol. The average Bonchev–Trinajstić information content (AvgIpc) is 2.46. The molecule has 0 amide bonds. The van der Waals surface area contributed by atoms with Crippen LogP contribution in [0.5, 0.6) is 0 Å². The molecule has 2 unspecified atom stereocenters. The minimum atomic E-state index is -0.810. The largest absolute Gasteiger partial charge is 0.312 e. The number of nitrogens with one attached hydrogen (secondary N) is 1. The molecule has 0 radical (unpaired) electrons. The van der Waals surface area contributed by atoms with Crippen LogP contribution in [0, 0.1) is 18.6 Å². The van der Waals surface area contributed by atoms with Crippen molar-refractivity contribution in [3.05, 3.63) is 65.2 Å². The Hall–Kier alpha value is -1.39. The fraction of sp³-hybridized carbons (Fsp3) is 0.294. The Balaban J connectivity index is 2.14. The number of hydrogen-bond acceptors (Lipinski definition) is 2. The third-order valence-electron chi connectivity index (χ3n) is 3.43. The van der Waals surface area contributed by atoms with Crippen molar-refractivity contribution in [2.75, 3.05) is 7.05 Å². The van der Waals surface area contributed by atoms with Gasteiger partial charge in [0.25, 0.3) is 0 Å². The van der Waals surface area contributed by atoms with E-state index in [2.05, 4.69) is 43.4 Å². The summed E-state index contributed by atoms with van der Waals surface area (Å²) in [6.07, 6.45) is 0. The second kappa shape index (κ2) is 7.05. The normalized spacial score (nSPS) is 14.0. The van der Waals surface area contributed by atoms with Gasteiger partial charge >= 0.3 is 0 Å². The van der Waals surface area contributed by atoms with E-state index in [4.69, 9.17) is 0 Å². The molecule has 0 aliphatic carbocycles. The zero-order valence-corrected chi connectivity index (χ0v) is 13.2. The summed E-state index contributed by atoms with van der Waals surface area (Å²) in [7, 11) is 1.91. The van der Waals surface area contributed by atoms with Crippen molar-refractivity contribution in [2.24, 2.45) is 0 Å². The smallest absolute Gasteiger partial charge is 0.159 e. The highest BCUT2D eigenvalue weighted by atomic mass is 32.2. The molecule has 0 spiro atoms. The summed E-state index contributed by atoms with van der Waals surface area (Å²) >= 11 is 1.53. The second-order valence-corrected chi connectivity index (χ2v) is 6.53. The SMILES string of the molecule is CNC(c1ccc(C)cc1)C(C)Sc1ccc(F)c(F)c1. The van der Waals surface area contributed by atoms with E-state index < -0.39 is 11.6 Å². The summed E-state index contributed by atoms with van der Waals surface area (Å²) in [5.74, 6) is -1.61. The predicted octanol–water partition coefficient (Wildman–Crippen LogP) is 4.71. The first-order chi connectivity index (χ1) is 10.0. The van der Waals surface area contributed by atoms with Crippen molar-refractivity contribution in [1.82, 2.24) is 5.32 Å². The lowest BCUT2D eigenvalue weighted by Gasteiger charge is -2.24. The zero-order chi connectivity index (χ0) is 15.4. The summed E-state index contributed by atoms with van der Waals surface area (Å²) in [6.45, 7) is 4.13. The summed E-state index contributed by atoms with van der Waals surface area (Å²) < 4.78 is 26.2. The number of thioether (sulfide) groups is 1. The van der Waals surface area contributed by atoms with E-state index >= 15 is 0 Å². The predicted molar refractivity (Wildman–Crippen MR) is 84.7 cm³/mol. The van der Waals surface area contributed by atoms with Crippen LogP contribution in [0.2, 0.25) is 0 Å². The van der Waals surface area contributed by atoms with Crippen molar-refractivity contribution >= 4 is 11.8 Å². The van der Waals surface area contributed by atoms with Gasteiger partial charge in [-0.25, -0.2) is 8.78 Å². The molecule has 0 aromatic heterocycles. The van der Waals surface area contributed by atoms with Crippen molar-refractivity contribution < 1.29 is 8.78 Å². The number of halogens is 2. The molecule has 2 rings (SSSR count). The van der Waals surface area contributed by atoms with Crippen LogP contribution in [0.25, 0.3) is 0 Å². The molecule has 0 heterocycles. The van der Waals surface area contributed by atoms with Gasteiger partial charge in [0.05, 0.1) is 0 Å². The van der Waals surface area contributed by atoms with E-state index in [1.165, 1.54) is 35.0 Å². The van der Waals surface area contributed by atoms with Crippen LogP contribution in [0.1, 0.15) is 24.1 Å². The lowest BCUT2D eigenvalue weighted by molar-refractivity contribution is 0.505. The molecule has 0 aliphatic rings. The fourth-order valence-electron chi connectivity index (χ4n) is 2.28. The van der Waals surface area contributed by atoms with Crippen molar-refractivity contribution in [3.8, 4) is 0 Å². The van der Waals surface area contributed by atoms with E-state index in [9.17, 15) is 8.78 Å². The van der Waals surface area contributed by atoms with E-state index in [0.717, 1.165) is 4.90 Å². The van der Waals surface area contributed by atoms with Gasteiger partial charge < -0.3 is 5.32 Å². The van der Waals surface area contributed by atoms with Gasteiger partial charge in [-0.3, -0.25) is 0 Å². The van der Waals surface area contributed by atoms with Crippen LogP contribution >= 0.6 is 11.8 Å². The van der Waals surface area contributed by atoms with E-state index in [0.29, 0.717) is 0 Å². The highest BCUT2D eigenvalue weighted by molar-refractivity contribution is 8.00. The molecule has 112 valence electrons. The number of rotatable bonds is 5. The molecular weight excluding hydrogens is 288 g/mol. The van der Waals surface area contributed by atoms with Crippen LogP contribution in [0.4, 0.5) is 8.78 Å². The van der Waals surface area contributed by atoms with Gasteiger partial charge in [-0.05, 0) is 37.7 Å². The summed E-state index contributed by atoms with van der Waals surface area (Å²) in [5.41, 5.74) is 2.40. The van der Waals surface area contributed by atoms with Crippen molar-refractivity contribution in [3.63, 3.8) is 0 Å². The lowest BCUT2D eigenvalue weighted by Crippen LogP contribution is -2.25. The molecule has 0 aliphatic heterocycles. The minimum absolute atomic E-state index is 0.142. The Kier molecular flexibility index (Phi) is 5.37. The Labute approximate surface area is 128 Å². The van der Waals surface area contributed by atoms with Crippen LogP contribution < -0.4 is 5.32 Å². The van der Waals surface area contributed by atoms with Gasteiger partial charge in [-0.2, -0.15) is 0 Å². The first-order valence-electron chi connectivity index (χ1n) is 6.87. The molecule has 1 nitrogen and oxygen atoms in total. The Bertz CT molecular complexity index is 598. The number of benzene rings is 2. The molecule has 0 bridgehead atoms. The molecule has 2 aromatic rings. The molecule has 1 N–H and O–H groups in total. The topological polar surface area (TPSA) is 12.0 Å². The van der Waals surface area contributed by atoms with Crippen LogP contribution in [-0.2, 0) is 0 Å². The van der Waals surface area contributed by atoms with Gasteiger partial charge in [-0.1, -0.05) is 36.8 Å². The molecule has 2 aromatic carbocycles. The lowest BCUT2D eigenvalue weighted by atomic mass is 10.0. The van der Waals surface area contributed by atoms with Crippen molar-refractivity contribution in [1.29, 1.82) is 0 Å². The first-order valence-corrected chi connectivity index (χ1v) is 7.74. The van der Waals surface area contributed by atoms with E-state index in [1.807, 2.05) is 7.05 Å². The molecular formula is C17H19F2NS. The highest BCUT2D eigenvalue weighted by Gasteiger charge is 2.19. The molecule has 0 fully saturated rings. The minimum Gasteiger partial charge on any atom is -0.312 e. The van der Waals surface area contributed by atoms with E-state index in [1.54, 1.807) is 6.07 Å². The Morgan fingerprint density at radius 1 is 1.00 bits per heavy atom. The van der Waals surface area contributed by atoms with Crippen LogP contribution in [-0.4, -0.2) is 12.3 Å². The van der Waals surface area contributed by atoms with Crippen LogP contribution in [0.15, 0.2) is 47.4 Å². The molecule has 0 saturated heterocycles. The summed E-state index contributed by atoms with van der Waals surface area (Å²) in [6, 6.07) is 12.5. The van der Waals surface area contributed by atoms with Gasteiger partial charge in [0.15, 0.2) is 11.6 Å². The zero-order valence-electron chi connectivity index (χ0n) is 12.4. The van der Waals surface area contributed by atoms with E-state index in [-0.39, 0.29) is 11.3 Å². The second-order valence-electron chi connectivity index (χ2n) is 5.08. The fourth-order valence-corrected chi connectivity index (χ4v) is 3.46. The maximum Gasteiger partial charge on any atom is 0.159 e. The van der Waals surface area contributed by atoms with Gasteiger partial charge in [0.2, 0.25) is 0 Å². The standard InChI is InChI=1S/C17H19F2NS/c1-11-4-6-13(7-5-11)17(20-3)12(2)21-14-8-9-15(18)16(19)10-14/h4-10,12,17,20H,1-3H3. The summed E-state index contributed by atoms with van der Waals surface area (Å²) in [5, 5.41) is 3.48. The van der Waals surface area contributed by atoms with Crippen molar-refractivity contribution in [2.45, 2.75) is 30.0 Å². The quantitative estimate of drug-likeness (QED) is 0.803. The first kappa shape index (κ1) is 16.0. The highest BCUT2D eigenvalue weighted by Crippen LogP contribution is 2.32. The molecule has 4 heteroatoms. The Morgan fingerprint density at radius 3 is 2.24 bits per heavy atom. The van der Waals surface area contributed by atoms with Gasteiger partial charge in [0.1, 0.15) is 0 Å². The maximum absolute atomic E-state index is 13.3.